The summed E-state index contributed by atoms with van der Waals surface area (Å²) in [5.41, 5.74) is 6.50. The fourth-order valence-electron chi connectivity index (χ4n) is 3.95. The predicted molar refractivity (Wildman–Crippen MR) is 121 cm³/mol. The lowest BCUT2D eigenvalue weighted by atomic mass is 10.00. The molecule has 0 unspecified atom stereocenters. The Kier molecular flexibility index (Phi) is 6.00. The van der Waals surface area contributed by atoms with E-state index in [9.17, 15) is 4.79 Å². The molecule has 1 aliphatic heterocycles. The van der Waals surface area contributed by atoms with Gasteiger partial charge in [-0.1, -0.05) is 54.6 Å². The number of aromatic nitrogens is 5. The first-order valence-corrected chi connectivity index (χ1v) is 11.4. The fraction of sp³-hybridized carbons (Fsp3) is 0.261. The number of carbonyl (C=O) groups is 1. The van der Waals surface area contributed by atoms with E-state index in [1.807, 2.05) is 30.3 Å². The molecule has 0 bridgehead atoms. The number of amides is 1. The van der Waals surface area contributed by atoms with Crippen LogP contribution in [0.4, 0.5) is 0 Å². The first-order chi connectivity index (χ1) is 15.8. The minimum Gasteiger partial charge on any atom is -0.350 e. The van der Waals surface area contributed by atoms with Gasteiger partial charge in [-0.05, 0) is 28.0 Å². The molecule has 162 valence electrons. The molecular formula is C23H23N7OS. The third kappa shape index (κ3) is 4.58. The average molecular weight is 446 g/mol. The quantitative estimate of drug-likeness (QED) is 0.471. The Morgan fingerprint density at radius 3 is 2.75 bits per heavy atom. The maximum Gasteiger partial charge on any atom is 0.242 e. The van der Waals surface area contributed by atoms with Crippen LogP contribution >= 0.6 is 11.3 Å². The lowest BCUT2D eigenvalue weighted by Gasteiger charge is -2.28. The van der Waals surface area contributed by atoms with Crippen LogP contribution in [0.2, 0.25) is 0 Å². The maximum absolute atomic E-state index is 12.6. The van der Waals surface area contributed by atoms with Crippen molar-refractivity contribution in [3.63, 3.8) is 0 Å². The summed E-state index contributed by atoms with van der Waals surface area (Å²) >= 11 is 1.54. The van der Waals surface area contributed by atoms with Crippen LogP contribution in [0.1, 0.15) is 21.8 Å². The van der Waals surface area contributed by atoms with Crippen LogP contribution in [0, 0.1) is 0 Å². The van der Waals surface area contributed by atoms with Gasteiger partial charge in [0.15, 0.2) is 5.82 Å². The molecule has 0 aliphatic carbocycles. The normalized spacial score (nSPS) is 13.6. The molecule has 32 heavy (non-hydrogen) atoms. The zero-order chi connectivity index (χ0) is 21.8. The Hall–Kier alpha value is -3.43. The Labute approximate surface area is 189 Å². The van der Waals surface area contributed by atoms with Crippen molar-refractivity contribution < 1.29 is 4.79 Å². The molecule has 2 aromatic heterocycles. The van der Waals surface area contributed by atoms with Crippen molar-refractivity contribution in [1.82, 2.24) is 35.4 Å². The van der Waals surface area contributed by atoms with E-state index in [1.165, 1.54) is 22.5 Å². The second kappa shape index (κ2) is 9.37. The lowest BCUT2D eigenvalue weighted by Crippen LogP contribution is -2.33. The van der Waals surface area contributed by atoms with E-state index >= 15 is 0 Å². The Morgan fingerprint density at radius 2 is 1.88 bits per heavy atom. The summed E-state index contributed by atoms with van der Waals surface area (Å²) in [6.07, 6.45) is 1.01. The van der Waals surface area contributed by atoms with E-state index < -0.39 is 0 Å². The van der Waals surface area contributed by atoms with Gasteiger partial charge in [0, 0.05) is 18.7 Å². The summed E-state index contributed by atoms with van der Waals surface area (Å²) in [4.78, 5) is 20.4. The molecule has 2 aromatic carbocycles. The van der Waals surface area contributed by atoms with Gasteiger partial charge in [-0.15, -0.1) is 16.4 Å². The molecule has 0 radical (unpaired) electrons. The molecule has 0 fully saturated rings. The Balaban J connectivity index is 1.18. The molecule has 5 rings (SSSR count). The lowest BCUT2D eigenvalue weighted by molar-refractivity contribution is -0.122. The smallest absolute Gasteiger partial charge is 0.242 e. The zero-order valence-electron chi connectivity index (χ0n) is 17.5. The zero-order valence-corrected chi connectivity index (χ0v) is 18.3. The summed E-state index contributed by atoms with van der Waals surface area (Å²) < 4.78 is 1.58. The molecule has 9 heteroatoms. The molecule has 0 saturated heterocycles. The van der Waals surface area contributed by atoms with Crippen molar-refractivity contribution in [2.24, 2.45) is 0 Å². The molecule has 1 amide bonds. The highest BCUT2D eigenvalue weighted by molar-refractivity contribution is 7.10. The topological polar surface area (TPSA) is 88.8 Å². The highest BCUT2D eigenvalue weighted by Crippen LogP contribution is 2.25. The largest absolute Gasteiger partial charge is 0.350 e. The van der Waals surface area contributed by atoms with Gasteiger partial charge in [0.2, 0.25) is 5.91 Å². The first-order valence-electron chi connectivity index (χ1n) is 10.5. The standard InChI is InChI=1S/C23H23N7OS/c31-22(24-12-20-23(25-16-32-20)18-7-2-1-3-8-18)15-30-21(26-27-28-30)14-29-11-10-17-6-4-5-9-19(17)13-29/h1-9,16H,10-15H2,(H,24,31). The molecule has 8 nitrogen and oxygen atoms in total. The van der Waals surface area contributed by atoms with Gasteiger partial charge < -0.3 is 5.32 Å². The predicted octanol–water partition coefficient (Wildman–Crippen LogP) is 2.67. The van der Waals surface area contributed by atoms with Crippen LogP contribution in [0.5, 0.6) is 0 Å². The molecule has 0 saturated carbocycles. The summed E-state index contributed by atoms with van der Waals surface area (Å²) in [6.45, 7) is 2.94. The molecule has 0 atom stereocenters. The number of hydrogen-bond donors (Lipinski definition) is 1. The second-order valence-corrected chi connectivity index (χ2v) is 8.69. The van der Waals surface area contributed by atoms with Gasteiger partial charge in [-0.2, -0.15) is 0 Å². The second-order valence-electron chi connectivity index (χ2n) is 7.75. The van der Waals surface area contributed by atoms with E-state index in [2.05, 4.69) is 55.0 Å². The van der Waals surface area contributed by atoms with Crippen LogP contribution in [0.3, 0.4) is 0 Å². The highest BCUT2D eigenvalue weighted by atomic mass is 32.1. The molecular weight excluding hydrogens is 422 g/mol. The summed E-state index contributed by atoms with van der Waals surface area (Å²) in [7, 11) is 0. The summed E-state index contributed by atoms with van der Waals surface area (Å²) in [5.74, 6) is 0.567. The number of carbonyl (C=O) groups excluding carboxylic acids is 1. The number of rotatable bonds is 7. The number of benzene rings is 2. The van der Waals surface area contributed by atoms with Gasteiger partial charge >= 0.3 is 0 Å². The minimum atomic E-state index is -0.130. The average Bonchev–Trinajstić information content (AvgIpc) is 3.48. The number of fused-ring (bicyclic) bond motifs is 1. The SMILES string of the molecule is O=C(Cn1nnnc1CN1CCc2ccccc2C1)NCc1scnc1-c1ccccc1. The van der Waals surface area contributed by atoms with Crippen molar-refractivity contribution >= 4 is 17.2 Å². The van der Waals surface area contributed by atoms with Crippen molar-refractivity contribution in [3.05, 3.63) is 81.9 Å². The highest BCUT2D eigenvalue weighted by Gasteiger charge is 2.19. The monoisotopic (exact) mass is 445 g/mol. The van der Waals surface area contributed by atoms with Gasteiger partial charge in [0.05, 0.1) is 29.2 Å². The molecule has 4 aromatic rings. The maximum atomic E-state index is 12.6. The van der Waals surface area contributed by atoms with Crippen LogP contribution in [-0.2, 0) is 37.4 Å². The van der Waals surface area contributed by atoms with Crippen LogP contribution in [0.15, 0.2) is 60.1 Å². The molecule has 1 aliphatic rings. The first kappa shape index (κ1) is 20.5. The third-order valence-corrected chi connectivity index (χ3v) is 6.44. The van der Waals surface area contributed by atoms with E-state index in [4.69, 9.17) is 0 Å². The number of nitrogens with zero attached hydrogens (tertiary/aromatic N) is 6. The van der Waals surface area contributed by atoms with Crippen LogP contribution < -0.4 is 5.32 Å². The fourth-order valence-corrected chi connectivity index (χ4v) is 4.67. The van der Waals surface area contributed by atoms with Gasteiger partial charge in [-0.3, -0.25) is 9.69 Å². The number of thiazole rings is 1. The molecule has 0 spiro atoms. The van der Waals surface area contributed by atoms with Gasteiger partial charge in [-0.25, -0.2) is 9.67 Å². The van der Waals surface area contributed by atoms with Crippen LogP contribution in [-0.4, -0.2) is 42.5 Å². The van der Waals surface area contributed by atoms with E-state index in [-0.39, 0.29) is 12.5 Å². The van der Waals surface area contributed by atoms with E-state index in [0.29, 0.717) is 18.9 Å². The molecule has 3 heterocycles. The summed E-state index contributed by atoms with van der Waals surface area (Å²) in [6, 6.07) is 18.5. The summed E-state index contributed by atoms with van der Waals surface area (Å²) in [5, 5.41) is 15.0. The van der Waals surface area contributed by atoms with E-state index in [0.717, 1.165) is 35.6 Å². The third-order valence-electron chi connectivity index (χ3n) is 5.61. The Morgan fingerprint density at radius 1 is 1.06 bits per heavy atom. The van der Waals surface area contributed by atoms with Gasteiger partial charge in [0.25, 0.3) is 0 Å². The van der Waals surface area contributed by atoms with Crippen molar-refractivity contribution in [2.75, 3.05) is 6.54 Å². The van der Waals surface area contributed by atoms with E-state index in [1.54, 1.807) is 10.2 Å². The number of hydrogen-bond acceptors (Lipinski definition) is 7. The van der Waals surface area contributed by atoms with Gasteiger partial charge in [0.1, 0.15) is 6.54 Å². The number of nitrogens with one attached hydrogen (secondary N) is 1. The van der Waals surface area contributed by atoms with Crippen molar-refractivity contribution in [3.8, 4) is 11.3 Å². The van der Waals surface area contributed by atoms with Crippen LogP contribution in [0.25, 0.3) is 11.3 Å². The molecule has 1 N–H and O–H groups in total. The Bertz CT molecular complexity index is 1200. The van der Waals surface area contributed by atoms with Crippen molar-refractivity contribution in [2.45, 2.75) is 32.6 Å². The van der Waals surface area contributed by atoms with Crippen molar-refractivity contribution in [1.29, 1.82) is 0 Å². The number of tetrazole rings is 1. The minimum absolute atomic E-state index is 0.0895.